The molecule has 0 unspecified atom stereocenters. The van der Waals surface area contributed by atoms with Gasteiger partial charge in [-0.2, -0.15) is 8.42 Å². The standard InChI is InChI=1S/C16H22O7S.Na/c1-3-5-7-12-13(15(17)18)9-11(24(20,21)22)10-14(12)16(19)23-8-6-4-2;/h9-10H,3-8H2,1-2H3,(H,17,18)(H,20,21,22);/q;+1/p-1. The van der Waals surface area contributed by atoms with E-state index in [4.69, 9.17) is 4.74 Å². The number of benzene rings is 1. The summed E-state index contributed by atoms with van der Waals surface area (Å²) in [6.07, 6.45) is 3.02. The number of ether oxygens (including phenoxy) is 1. The predicted molar refractivity (Wildman–Crippen MR) is 84.4 cm³/mol. The number of carboxylic acids is 1. The van der Waals surface area contributed by atoms with Gasteiger partial charge in [0.2, 0.25) is 0 Å². The molecule has 0 saturated carbocycles. The van der Waals surface area contributed by atoms with Gasteiger partial charge in [0.25, 0.3) is 10.1 Å². The Morgan fingerprint density at radius 1 is 1.12 bits per heavy atom. The molecule has 9 heteroatoms. The fraction of sp³-hybridized carbons (Fsp3) is 0.500. The average Bonchev–Trinajstić information content (AvgIpc) is 2.51. The van der Waals surface area contributed by atoms with Crippen LogP contribution in [0.1, 0.15) is 65.8 Å². The number of carbonyl (C=O) groups excluding carboxylic acids is 2. The number of rotatable bonds is 9. The van der Waals surface area contributed by atoms with Crippen LogP contribution in [0.3, 0.4) is 0 Å². The van der Waals surface area contributed by atoms with Crippen molar-refractivity contribution in [3.63, 3.8) is 0 Å². The van der Waals surface area contributed by atoms with Gasteiger partial charge in [-0.05, 0) is 37.0 Å². The van der Waals surface area contributed by atoms with Gasteiger partial charge in [0.05, 0.1) is 23.0 Å². The molecule has 0 spiro atoms. The van der Waals surface area contributed by atoms with Crippen LogP contribution >= 0.6 is 0 Å². The number of hydrogen-bond acceptors (Lipinski definition) is 6. The first-order valence-electron chi connectivity index (χ1n) is 7.75. The number of carboxylic acid groups (broad SMARTS) is 1. The summed E-state index contributed by atoms with van der Waals surface area (Å²) < 4.78 is 37.0. The van der Waals surface area contributed by atoms with Gasteiger partial charge in [0.1, 0.15) is 0 Å². The maximum atomic E-state index is 12.2. The van der Waals surface area contributed by atoms with Crippen molar-refractivity contribution >= 4 is 22.1 Å². The third-order valence-electron chi connectivity index (χ3n) is 3.47. The molecule has 0 heterocycles. The number of carbonyl (C=O) groups is 2. The minimum atomic E-state index is -4.68. The molecule has 0 aromatic heterocycles. The van der Waals surface area contributed by atoms with E-state index in [2.05, 4.69) is 0 Å². The second-order valence-corrected chi connectivity index (χ2v) is 6.77. The monoisotopic (exact) mass is 380 g/mol. The Balaban J connectivity index is 0.00000576. The predicted octanol–water partition coefficient (Wildman–Crippen LogP) is -1.40. The molecule has 0 fully saturated rings. The second kappa shape index (κ2) is 10.9. The Morgan fingerprint density at radius 2 is 1.68 bits per heavy atom. The first kappa shape index (κ1) is 24.1. The van der Waals surface area contributed by atoms with Gasteiger partial charge in [-0.15, -0.1) is 0 Å². The Kier molecular flexibility index (Phi) is 10.5. The van der Waals surface area contributed by atoms with Crippen LogP contribution in [0, 0.1) is 0 Å². The Labute approximate surface area is 169 Å². The SMILES string of the molecule is CCCCOC(=O)c1cc(S(=O)(=O)O)cc(C(=O)[O-])c1CCCC.[Na+]. The molecule has 0 aliphatic rings. The topological polar surface area (TPSA) is 121 Å². The first-order valence-corrected chi connectivity index (χ1v) is 9.19. The van der Waals surface area contributed by atoms with Gasteiger partial charge in [-0.25, -0.2) is 4.79 Å². The summed E-state index contributed by atoms with van der Waals surface area (Å²) in [6.45, 7) is 3.94. The van der Waals surface area contributed by atoms with Crippen LogP contribution in [-0.2, 0) is 21.3 Å². The third kappa shape index (κ3) is 7.07. The summed E-state index contributed by atoms with van der Waals surface area (Å²) in [5.41, 5.74) is -0.444. The van der Waals surface area contributed by atoms with Gasteiger partial charge in [-0.1, -0.05) is 26.7 Å². The normalized spacial score (nSPS) is 10.8. The maximum absolute atomic E-state index is 12.2. The number of aromatic carboxylic acids is 1. The molecule has 0 amide bonds. The van der Waals surface area contributed by atoms with Crippen molar-refractivity contribution in [1.82, 2.24) is 0 Å². The number of unbranched alkanes of at least 4 members (excludes halogenated alkanes) is 2. The minimum Gasteiger partial charge on any atom is -0.545 e. The molecule has 1 aromatic rings. The number of hydrogen-bond donors (Lipinski definition) is 1. The van der Waals surface area contributed by atoms with E-state index in [-0.39, 0.29) is 53.7 Å². The van der Waals surface area contributed by atoms with Crippen LogP contribution in [0.25, 0.3) is 0 Å². The van der Waals surface area contributed by atoms with Gasteiger partial charge in [0, 0.05) is 5.56 Å². The zero-order valence-electron chi connectivity index (χ0n) is 14.7. The molecule has 1 N–H and O–H groups in total. The summed E-state index contributed by atoms with van der Waals surface area (Å²) in [6, 6.07) is 1.75. The maximum Gasteiger partial charge on any atom is 1.00 e. The van der Waals surface area contributed by atoms with Crippen LogP contribution in [0.2, 0.25) is 0 Å². The van der Waals surface area contributed by atoms with E-state index >= 15 is 0 Å². The van der Waals surface area contributed by atoms with E-state index in [0.717, 1.165) is 25.0 Å². The fourth-order valence-corrected chi connectivity index (χ4v) is 2.70. The largest absolute Gasteiger partial charge is 1.00 e. The average molecular weight is 380 g/mol. The van der Waals surface area contributed by atoms with Gasteiger partial charge in [0.15, 0.2) is 0 Å². The zero-order chi connectivity index (χ0) is 18.3. The molecule has 1 aromatic carbocycles. The van der Waals surface area contributed by atoms with E-state index in [1.165, 1.54) is 0 Å². The second-order valence-electron chi connectivity index (χ2n) is 5.35. The molecule has 0 atom stereocenters. The van der Waals surface area contributed by atoms with Gasteiger partial charge < -0.3 is 14.6 Å². The van der Waals surface area contributed by atoms with Crippen LogP contribution in [0.4, 0.5) is 0 Å². The Bertz CT molecular complexity index is 713. The van der Waals surface area contributed by atoms with Crippen molar-refractivity contribution in [2.75, 3.05) is 6.61 Å². The van der Waals surface area contributed by atoms with E-state index < -0.39 is 32.5 Å². The quantitative estimate of drug-likeness (QED) is 0.242. The van der Waals surface area contributed by atoms with Crippen LogP contribution < -0.4 is 34.7 Å². The van der Waals surface area contributed by atoms with Crippen LogP contribution in [-0.4, -0.2) is 31.5 Å². The van der Waals surface area contributed by atoms with Crippen molar-refractivity contribution in [1.29, 1.82) is 0 Å². The zero-order valence-corrected chi connectivity index (χ0v) is 17.5. The van der Waals surface area contributed by atoms with Crippen molar-refractivity contribution in [2.24, 2.45) is 0 Å². The summed E-state index contributed by atoms with van der Waals surface area (Å²) >= 11 is 0. The summed E-state index contributed by atoms with van der Waals surface area (Å²) in [7, 11) is -4.68. The van der Waals surface area contributed by atoms with E-state index in [1.807, 2.05) is 13.8 Å². The molecular formula is C16H21NaO7S. The summed E-state index contributed by atoms with van der Waals surface area (Å²) in [5, 5.41) is 11.4. The molecule has 134 valence electrons. The van der Waals surface area contributed by atoms with Crippen molar-refractivity contribution in [3.05, 3.63) is 28.8 Å². The van der Waals surface area contributed by atoms with Crippen molar-refractivity contribution in [3.8, 4) is 0 Å². The smallest absolute Gasteiger partial charge is 0.545 e. The summed E-state index contributed by atoms with van der Waals surface area (Å²) in [5.74, 6) is -2.43. The van der Waals surface area contributed by atoms with Gasteiger partial charge >= 0.3 is 35.5 Å². The molecule has 1 rings (SSSR count). The fourth-order valence-electron chi connectivity index (χ4n) is 2.17. The van der Waals surface area contributed by atoms with Gasteiger partial charge in [-0.3, -0.25) is 4.55 Å². The minimum absolute atomic E-state index is 0. The van der Waals surface area contributed by atoms with Crippen molar-refractivity contribution < 1.29 is 62.0 Å². The molecule has 0 aliphatic carbocycles. The van der Waals surface area contributed by atoms with Crippen LogP contribution in [0.15, 0.2) is 17.0 Å². The molecular weight excluding hydrogens is 359 g/mol. The third-order valence-corrected chi connectivity index (χ3v) is 4.30. The molecule has 0 bridgehead atoms. The molecule has 0 saturated heterocycles. The molecule has 25 heavy (non-hydrogen) atoms. The molecule has 7 nitrogen and oxygen atoms in total. The van der Waals surface area contributed by atoms with E-state index in [0.29, 0.717) is 12.8 Å². The Morgan fingerprint density at radius 3 is 2.16 bits per heavy atom. The molecule has 0 aliphatic heterocycles. The van der Waals surface area contributed by atoms with Crippen molar-refractivity contribution in [2.45, 2.75) is 50.8 Å². The molecule has 0 radical (unpaired) electrons. The van der Waals surface area contributed by atoms with E-state index in [1.54, 1.807) is 0 Å². The van der Waals surface area contributed by atoms with Crippen LogP contribution in [0.5, 0.6) is 0 Å². The Hall–Kier alpha value is -0.930. The first-order chi connectivity index (χ1) is 11.2. The number of esters is 1. The van der Waals surface area contributed by atoms with E-state index in [9.17, 15) is 27.7 Å². The summed E-state index contributed by atoms with van der Waals surface area (Å²) in [4.78, 5) is 22.9.